The molecule has 0 saturated carbocycles. The maximum Gasteiger partial charge on any atom is 0.418 e. The van der Waals surface area contributed by atoms with E-state index in [1.807, 2.05) is 0 Å². The Bertz CT molecular complexity index is 1930. The molecule has 0 spiro atoms. The largest absolute Gasteiger partial charge is 0.418 e. The summed E-state index contributed by atoms with van der Waals surface area (Å²) in [5, 5.41) is 0. The Morgan fingerprint density at radius 2 is 1.40 bits per heavy atom. The van der Waals surface area contributed by atoms with E-state index >= 15 is 8.78 Å². The van der Waals surface area contributed by atoms with Crippen LogP contribution in [-0.4, -0.2) is 89.0 Å². The minimum atomic E-state index is -4.44. The van der Waals surface area contributed by atoms with Gasteiger partial charge in [0.1, 0.15) is 48.1 Å². The summed E-state index contributed by atoms with van der Waals surface area (Å²) < 4.78 is 95.4. The zero-order valence-corrected chi connectivity index (χ0v) is 25.9. The molecule has 0 aliphatic carbocycles. The third kappa shape index (κ3) is 5.39. The molecule has 4 aromatic rings. The van der Waals surface area contributed by atoms with Crippen molar-refractivity contribution in [3.05, 3.63) is 25.3 Å². The van der Waals surface area contributed by atoms with Crippen molar-refractivity contribution in [2.75, 3.05) is 24.7 Å². The molecule has 4 aromatic heterocycles. The summed E-state index contributed by atoms with van der Waals surface area (Å²) >= 11 is 3.98. The van der Waals surface area contributed by atoms with Gasteiger partial charge in [-0.25, -0.2) is 47.8 Å². The molecule has 7 rings (SSSR count). The predicted molar refractivity (Wildman–Crippen MR) is 155 cm³/mol. The number of rotatable bonds is 2. The van der Waals surface area contributed by atoms with Gasteiger partial charge >= 0.3 is 13.6 Å². The van der Waals surface area contributed by atoms with Gasteiger partial charge in [0, 0.05) is 0 Å². The second kappa shape index (κ2) is 11.4. The number of imidazole rings is 2. The zero-order chi connectivity index (χ0) is 31.7. The number of halogens is 2. The molecule has 4 N–H and O–H groups in total. The third-order valence-electron chi connectivity index (χ3n) is 7.29. The number of thiol groups is 1. The molecule has 3 saturated heterocycles. The SMILES string of the molecule is C#S[P@]1(=O)OC[C@H]2O[C@@H](n3cnc4c(N)ncnc43)[C@H](F)[C@@H]2O[P@@](=O)(S)OC[C@H]2O[C@@H](n3cnc4c(N)ncnc43)[C@H](O1)[C@H]2F. The number of nitrogens with zero attached hydrogens (tertiary/aromatic N) is 8. The minimum absolute atomic E-state index is 0.0431. The van der Waals surface area contributed by atoms with Crippen LogP contribution in [0.15, 0.2) is 25.3 Å². The van der Waals surface area contributed by atoms with Gasteiger partial charge < -0.3 is 20.9 Å². The molecule has 0 aromatic carbocycles. The normalized spacial score (nSPS) is 37.6. The Kier molecular flexibility index (Phi) is 7.81. The van der Waals surface area contributed by atoms with Crippen molar-refractivity contribution < 1.29 is 45.5 Å². The van der Waals surface area contributed by atoms with Crippen LogP contribution in [0.1, 0.15) is 12.5 Å². The van der Waals surface area contributed by atoms with Gasteiger partial charge in [-0.1, -0.05) is 17.9 Å². The highest BCUT2D eigenvalue weighted by Gasteiger charge is 2.54. The van der Waals surface area contributed by atoms with Crippen LogP contribution in [0.5, 0.6) is 0 Å². The van der Waals surface area contributed by atoms with Gasteiger partial charge in [0.15, 0.2) is 47.7 Å². The fourth-order valence-corrected chi connectivity index (χ4v) is 8.52. The molecule has 7 heterocycles. The molecule has 24 heteroatoms. The molecule has 0 radical (unpaired) electrons. The number of ether oxygens (including phenoxy) is 2. The van der Waals surface area contributed by atoms with Crippen molar-refractivity contribution in [1.82, 2.24) is 39.0 Å². The summed E-state index contributed by atoms with van der Waals surface area (Å²) in [6.45, 7) is -10.3. The first kappa shape index (κ1) is 30.8. The van der Waals surface area contributed by atoms with Gasteiger partial charge in [-0.2, -0.15) is 0 Å². The van der Waals surface area contributed by atoms with Crippen LogP contribution in [0, 0.1) is 5.69 Å². The first-order chi connectivity index (χ1) is 21.5. The van der Waals surface area contributed by atoms with Crippen molar-refractivity contribution in [1.29, 1.82) is 0 Å². The van der Waals surface area contributed by atoms with E-state index in [9.17, 15) is 9.13 Å². The van der Waals surface area contributed by atoms with Crippen LogP contribution < -0.4 is 11.5 Å². The first-order valence-electron chi connectivity index (χ1n) is 12.9. The Labute approximate surface area is 259 Å². The van der Waals surface area contributed by atoms with Gasteiger partial charge in [0.2, 0.25) is 0 Å². The molecule has 0 amide bonds. The van der Waals surface area contributed by atoms with E-state index < -0.39 is 76.0 Å². The molecule has 10 atom stereocenters. The molecule has 3 aliphatic rings. The standard InChI is InChI=1S/C21H22F2N10O8P2S2/c1-45-43(35)37-3-9-14(11(23)20(39-9)32-6-30-12-16(24)26-4-28-18(12)32)40-42(34,44)36-2-8-10(22)15(41-43)21(38-8)33-7-31-13-17(25)27-5-29-19(13)33/h1,4-11,14-15,20-21H,2-3H2,(H,34,44)(H2,24,26,28)(H2,25,27,29)/t8-,9-,10+,11-,14-,15-,20-,21-,42+,43-/m1/s1. The number of hydrogen-bond donors (Lipinski definition) is 3. The van der Waals surface area contributed by atoms with E-state index in [0.29, 0.717) is 0 Å². The summed E-state index contributed by atoms with van der Waals surface area (Å²) in [6.07, 6.45) is -8.33. The maximum absolute atomic E-state index is 16.0. The number of fused-ring (bicyclic) bond motifs is 5. The smallest absolute Gasteiger partial charge is 0.382 e. The van der Waals surface area contributed by atoms with E-state index in [1.54, 1.807) is 0 Å². The number of nitrogens with two attached hydrogens (primary N) is 2. The monoisotopic (exact) mass is 706 g/mol. The number of nitrogen functional groups attached to an aromatic ring is 2. The quantitative estimate of drug-likeness (QED) is 0.201. The molecule has 18 nitrogen and oxygen atoms in total. The van der Waals surface area contributed by atoms with Crippen molar-refractivity contribution in [2.45, 2.75) is 49.2 Å². The van der Waals surface area contributed by atoms with Gasteiger partial charge in [0.25, 0.3) is 0 Å². The van der Waals surface area contributed by atoms with Gasteiger partial charge in [-0.05, 0) is 10.8 Å². The average molecular weight is 707 g/mol. The highest BCUT2D eigenvalue weighted by molar-refractivity contribution is 8.48. The summed E-state index contributed by atoms with van der Waals surface area (Å²) in [5.74, 6) is 0.0875. The molecule has 3 aliphatic heterocycles. The summed E-state index contributed by atoms with van der Waals surface area (Å²) in [6, 6.07) is 0. The lowest BCUT2D eigenvalue weighted by atomic mass is 10.1. The average Bonchev–Trinajstić information content (AvgIpc) is 3.77. The maximum atomic E-state index is 16.0. The van der Waals surface area contributed by atoms with Crippen LogP contribution in [0.4, 0.5) is 20.4 Å². The Morgan fingerprint density at radius 1 is 0.822 bits per heavy atom. The zero-order valence-electron chi connectivity index (χ0n) is 22.4. The van der Waals surface area contributed by atoms with Crippen molar-refractivity contribution >= 4 is 70.6 Å². The van der Waals surface area contributed by atoms with Crippen LogP contribution in [0.25, 0.3) is 22.3 Å². The van der Waals surface area contributed by atoms with Crippen LogP contribution in [0.2, 0.25) is 0 Å². The predicted octanol–water partition coefficient (Wildman–Crippen LogP) is 2.59. The van der Waals surface area contributed by atoms with Crippen molar-refractivity contribution in [3.63, 3.8) is 0 Å². The Hall–Kier alpha value is -2.87. The number of alkyl halides is 2. The Balaban J connectivity index is 1.22. The lowest BCUT2D eigenvalue weighted by Crippen LogP contribution is -2.33. The topological polar surface area (TPSA) is 229 Å². The van der Waals surface area contributed by atoms with E-state index in [4.69, 9.17) is 44.7 Å². The molecule has 240 valence electrons. The Morgan fingerprint density at radius 3 is 2.02 bits per heavy atom. The van der Waals surface area contributed by atoms with E-state index in [0.717, 1.165) is 12.7 Å². The number of aromatic nitrogens is 8. The lowest BCUT2D eigenvalue weighted by molar-refractivity contribution is -0.0563. The van der Waals surface area contributed by atoms with E-state index in [-0.39, 0.29) is 44.8 Å². The van der Waals surface area contributed by atoms with E-state index in [2.05, 4.69) is 42.2 Å². The highest BCUT2D eigenvalue weighted by Crippen LogP contribution is 2.61. The highest BCUT2D eigenvalue weighted by atomic mass is 32.7. The number of hydrogen-bond acceptors (Lipinski definition) is 16. The van der Waals surface area contributed by atoms with Gasteiger partial charge in [0.05, 0.1) is 25.9 Å². The lowest BCUT2D eigenvalue weighted by Gasteiger charge is -2.26. The molecular weight excluding hydrogens is 684 g/mol. The molecular formula is C21H22F2N10O8P2S2. The van der Waals surface area contributed by atoms with Crippen LogP contribution >= 0.6 is 36.6 Å². The van der Waals surface area contributed by atoms with Crippen LogP contribution in [0.3, 0.4) is 0 Å². The van der Waals surface area contributed by atoms with Crippen molar-refractivity contribution in [3.8, 4) is 5.69 Å². The third-order valence-corrected chi connectivity index (χ3v) is 11.5. The summed E-state index contributed by atoms with van der Waals surface area (Å²) in [5.41, 5.74) is 18.1. The minimum Gasteiger partial charge on any atom is -0.382 e. The van der Waals surface area contributed by atoms with Gasteiger partial charge in [-0.15, -0.1) is 0 Å². The first-order valence-corrected chi connectivity index (χ1v) is 18.6. The van der Waals surface area contributed by atoms with Gasteiger partial charge in [-0.3, -0.25) is 27.2 Å². The fourth-order valence-electron chi connectivity index (χ4n) is 5.21. The molecule has 45 heavy (non-hydrogen) atoms. The molecule has 3 fully saturated rings. The second-order valence-corrected chi connectivity index (χ2v) is 16.4. The molecule has 0 unspecified atom stereocenters. The second-order valence-electron chi connectivity index (χ2n) is 9.94. The number of anilines is 2. The summed E-state index contributed by atoms with van der Waals surface area (Å²) in [4.78, 5) is 24.2. The fraction of sp³-hybridized carbons (Fsp3) is 0.476. The summed E-state index contributed by atoms with van der Waals surface area (Å²) in [7, 11) is 0.167. The van der Waals surface area contributed by atoms with E-state index in [1.165, 1.54) is 21.8 Å². The van der Waals surface area contributed by atoms with Crippen molar-refractivity contribution in [2.24, 2.45) is 0 Å². The molecule has 2 bridgehead atoms. The van der Waals surface area contributed by atoms with Crippen LogP contribution in [-0.2, 0) is 36.7 Å².